The Balaban J connectivity index is 2.35. The van der Waals surface area contributed by atoms with E-state index in [-0.39, 0.29) is 5.83 Å². The van der Waals surface area contributed by atoms with Gasteiger partial charge in [0.2, 0.25) is 0 Å². The Bertz CT molecular complexity index is 285. The number of aliphatic hydroxyl groups is 1. The molecule has 0 radical (unpaired) electrons. The van der Waals surface area contributed by atoms with E-state index < -0.39 is 5.60 Å². The van der Waals surface area contributed by atoms with E-state index in [2.05, 4.69) is 13.2 Å². The Hall–Kier alpha value is -0.890. The lowest BCUT2D eigenvalue weighted by Gasteiger charge is -2.06. The highest BCUT2D eigenvalue weighted by Gasteiger charge is 2.39. The van der Waals surface area contributed by atoms with Gasteiger partial charge in [-0.05, 0) is 44.3 Å². The van der Waals surface area contributed by atoms with Crippen LogP contribution in [0.25, 0.3) is 0 Å². The first-order valence-corrected chi connectivity index (χ1v) is 4.86. The van der Waals surface area contributed by atoms with E-state index >= 15 is 0 Å². The second-order valence-electron chi connectivity index (χ2n) is 4.16. The molecule has 1 aliphatic carbocycles. The summed E-state index contributed by atoms with van der Waals surface area (Å²) in [6.07, 6.45) is 4.47. The average Bonchev–Trinajstić information content (AvgIpc) is 2.81. The molecule has 0 aromatic carbocycles. The summed E-state index contributed by atoms with van der Waals surface area (Å²) in [5, 5.41) is 9.55. The van der Waals surface area contributed by atoms with Crippen molar-refractivity contribution in [2.24, 2.45) is 0 Å². The molecule has 78 valence electrons. The van der Waals surface area contributed by atoms with Crippen LogP contribution in [0.5, 0.6) is 0 Å². The van der Waals surface area contributed by atoms with Crippen LogP contribution in [0.2, 0.25) is 0 Å². The number of allylic oxidation sites excluding steroid dienone is 4. The first-order valence-electron chi connectivity index (χ1n) is 4.86. The van der Waals surface area contributed by atoms with Crippen LogP contribution in [0, 0.1) is 0 Å². The van der Waals surface area contributed by atoms with Crippen molar-refractivity contribution in [3.63, 3.8) is 0 Å². The summed E-state index contributed by atoms with van der Waals surface area (Å²) in [6, 6.07) is 0. The van der Waals surface area contributed by atoms with E-state index in [4.69, 9.17) is 0 Å². The largest absolute Gasteiger partial charge is 0.390 e. The van der Waals surface area contributed by atoms with Crippen molar-refractivity contribution >= 4 is 0 Å². The van der Waals surface area contributed by atoms with Crippen LogP contribution < -0.4 is 0 Å². The monoisotopic (exact) mass is 196 g/mol. The standard InChI is InChI=1S/C12H17FO/c1-9(2)11(13)8-10(3)4-5-12(14)6-7-12/h8,14H,1,3-7H2,2H3/b11-8+. The predicted octanol–water partition coefficient (Wildman–Crippen LogP) is 3.28. The molecule has 0 amide bonds. The maximum absolute atomic E-state index is 13.0. The maximum Gasteiger partial charge on any atom is 0.125 e. The lowest BCUT2D eigenvalue weighted by Crippen LogP contribution is -2.05. The fourth-order valence-electron chi connectivity index (χ4n) is 1.16. The van der Waals surface area contributed by atoms with Crippen molar-refractivity contribution in [3.05, 3.63) is 36.2 Å². The molecule has 2 heteroatoms. The Morgan fingerprint density at radius 3 is 2.50 bits per heavy atom. The molecule has 0 bridgehead atoms. The molecule has 0 aromatic heterocycles. The molecular weight excluding hydrogens is 179 g/mol. The van der Waals surface area contributed by atoms with Gasteiger partial charge >= 0.3 is 0 Å². The van der Waals surface area contributed by atoms with Crippen LogP contribution in [-0.2, 0) is 0 Å². The summed E-state index contributed by atoms with van der Waals surface area (Å²) in [4.78, 5) is 0. The highest BCUT2D eigenvalue weighted by molar-refractivity contribution is 5.28. The molecule has 1 fully saturated rings. The second-order valence-corrected chi connectivity index (χ2v) is 4.16. The molecule has 1 aliphatic rings. The van der Waals surface area contributed by atoms with E-state index in [1.54, 1.807) is 6.92 Å². The van der Waals surface area contributed by atoms with Crippen molar-refractivity contribution in [2.45, 2.75) is 38.2 Å². The van der Waals surface area contributed by atoms with Gasteiger partial charge in [-0.25, -0.2) is 4.39 Å². The number of hydrogen-bond donors (Lipinski definition) is 1. The number of hydrogen-bond acceptors (Lipinski definition) is 1. The second kappa shape index (κ2) is 4.09. The predicted molar refractivity (Wildman–Crippen MR) is 56.6 cm³/mol. The van der Waals surface area contributed by atoms with Gasteiger partial charge in [-0.1, -0.05) is 18.7 Å². The zero-order valence-corrected chi connectivity index (χ0v) is 8.65. The van der Waals surface area contributed by atoms with Crippen LogP contribution in [0.3, 0.4) is 0 Å². The molecule has 0 atom stereocenters. The Morgan fingerprint density at radius 1 is 1.50 bits per heavy atom. The van der Waals surface area contributed by atoms with Crippen molar-refractivity contribution in [2.75, 3.05) is 0 Å². The highest BCUT2D eigenvalue weighted by Crippen LogP contribution is 2.40. The molecule has 1 nitrogen and oxygen atoms in total. The highest BCUT2D eigenvalue weighted by atomic mass is 19.1. The summed E-state index contributed by atoms with van der Waals surface area (Å²) >= 11 is 0. The van der Waals surface area contributed by atoms with Crippen LogP contribution in [-0.4, -0.2) is 10.7 Å². The lowest BCUT2D eigenvalue weighted by atomic mass is 10.1. The zero-order chi connectivity index (χ0) is 10.8. The topological polar surface area (TPSA) is 20.2 Å². The quantitative estimate of drug-likeness (QED) is 0.669. The third-order valence-electron chi connectivity index (χ3n) is 2.48. The molecule has 0 unspecified atom stereocenters. The van der Waals surface area contributed by atoms with Crippen LogP contribution >= 0.6 is 0 Å². The van der Waals surface area contributed by atoms with Gasteiger partial charge in [0.25, 0.3) is 0 Å². The third kappa shape index (κ3) is 3.46. The van der Waals surface area contributed by atoms with Gasteiger partial charge in [0.05, 0.1) is 5.60 Å². The van der Waals surface area contributed by atoms with Crippen LogP contribution in [0.1, 0.15) is 32.6 Å². The number of halogens is 1. The van der Waals surface area contributed by atoms with Gasteiger partial charge in [0.15, 0.2) is 0 Å². The van der Waals surface area contributed by atoms with Crippen molar-refractivity contribution in [3.8, 4) is 0 Å². The van der Waals surface area contributed by atoms with E-state index in [1.165, 1.54) is 6.08 Å². The molecule has 0 saturated heterocycles. The Labute approximate surface area is 84.6 Å². The van der Waals surface area contributed by atoms with E-state index in [0.717, 1.165) is 12.8 Å². The Morgan fingerprint density at radius 2 is 2.07 bits per heavy atom. The minimum Gasteiger partial charge on any atom is -0.390 e. The van der Waals surface area contributed by atoms with E-state index in [1.807, 2.05) is 0 Å². The van der Waals surface area contributed by atoms with Crippen molar-refractivity contribution in [1.82, 2.24) is 0 Å². The summed E-state index contributed by atoms with van der Waals surface area (Å²) in [5.41, 5.74) is 0.651. The third-order valence-corrected chi connectivity index (χ3v) is 2.48. The molecule has 1 rings (SSSR count). The molecular formula is C12H17FO. The van der Waals surface area contributed by atoms with Crippen LogP contribution in [0.4, 0.5) is 4.39 Å². The minimum absolute atomic E-state index is 0.321. The molecule has 0 aliphatic heterocycles. The smallest absolute Gasteiger partial charge is 0.125 e. The molecule has 0 spiro atoms. The summed E-state index contributed by atoms with van der Waals surface area (Å²) in [6.45, 7) is 8.85. The van der Waals surface area contributed by atoms with Gasteiger partial charge in [-0.15, -0.1) is 0 Å². The fraction of sp³-hybridized carbons (Fsp3) is 0.500. The van der Waals surface area contributed by atoms with Crippen molar-refractivity contribution in [1.29, 1.82) is 0 Å². The van der Waals surface area contributed by atoms with Gasteiger partial charge < -0.3 is 5.11 Å². The lowest BCUT2D eigenvalue weighted by molar-refractivity contribution is 0.141. The van der Waals surface area contributed by atoms with Gasteiger partial charge in [0, 0.05) is 0 Å². The normalized spacial score (nSPS) is 19.2. The molecule has 0 aromatic rings. The zero-order valence-electron chi connectivity index (χ0n) is 8.65. The summed E-state index contributed by atoms with van der Waals surface area (Å²) in [7, 11) is 0. The summed E-state index contributed by atoms with van der Waals surface area (Å²) in [5.74, 6) is -0.321. The van der Waals surface area contributed by atoms with Gasteiger partial charge in [-0.2, -0.15) is 0 Å². The average molecular weight is 196 g/mol. The number of rotatable bonds is 5. The molecule has 1 N–H and O–H groups in total. The van der Waals surface area contributed by atoms with Crippen LogP contribution in [0.15, 0.2) is 36.2 Å². The van der Waals surface area contributed by atoms with Gasteiger partial charge in [0.1, 0.15) is 5.83 Å². The SMILES string of the molecule is C=C(/C=C(/F)C(=C)C)CCC1(O)CC1. The molecule has 1 saturated carbocycles. The van der Waals surface area contributed by atoms with E-state index in [0.29, 0.717) is 24.0 Å². The molecule has 0 heterocycles. The van der Waals surface area contributed by atoms with Gasteiger partial charge in [-0.3, -0.25) is 0 Å². The minimum atomic E-state index is -0.476. The summed E-state index contributed by atoms with van der Waals surface area (Å²) < 4.78 is 13.0. The molecule has 14 heavy (non-hydrogen) atoms. The fourth-order valence-corrected chi connectivity index (χ4v) is 1.16. The maximum atomic E-state index is 13.0. The Kier molecular flexibility index (Phi) is 3.27. The van der Waals surface area contributed by atoms with E-state index in [9.17, 15) is 9.50 Å². The first-order chi connectivity index (χ1) is 6.43. The van der Waals surface area contributed by atoms with Crippen molar-refractivity contribution < 1.29 is 9.50 Å². The first kappa shape index (κ1) is 11.2.